The summed E-state index contributed by atoms with van der Waals surface area (Å²) in [6.45, 7) is 5.29. The highest BCUT2D eigenvalue weighted by Gasteiger charge is 2.36. The van der Waals surface area contributed by atoms with Gasteiger partial charge in [0.2, 0.25) is 5.91 Å². The highest BCUT2D eigenvalue weighted by molar-refractivity contribution is 5.89. The van der Waals surface area contributed by atoms with Crippen molar-refractivity contribution in [3.8, 4) is 0 Å². The van der Waals surface area contributed by atoms with E-state index in [1.54, 1.807) is 11.8 Å². The second-order valence-electron chi connectivity index (χ2n) is 7.77. The molecule has 0 spiro atoms. The summed E-state index contributed by atoms with van der Waals surface area (Å²) in [4.78, 5) is 36.8. The molecule has 1 unspecified atom stereocenters. The minimum atomic E-state index is -0.360. The van der Waals surface area contributed by atoms with E-state index in [2.05, 4.69) is 22.1 Å². The van der Waals surface area contributed by atoms with Gasteiger partial charge in [-0.2, -0.15) is 0 Å². The van der Waals surface area contributed by atoms with Crippen molar-refractivity contribution in [2.45, 2.75) is 45.1 Å². The Labute approximate surface area is 170 Å². The fourth-order valence-corrected chi connectivity index (χ4v) is 4.17. The topological polar surface area (TPSA) is 75.6 Å². The maximum atomic E-state index is 12.5. The minimum Gasteiger partial charge on any atom is -0.447 e. The molecule has 0 N–H and O–H groups in total. The molecule has 2 aliphatic rings. The van der Waals surface area contributed by atoms with Gasteiger partial charge in [0.05, 0.1) is 6.04 Å². The lowest BCUT2D eigenvalue weighted by Gasteiger charge is -2.31. The van der Waals surface area contributed by atoms with E-state index >= 15 is 0 Å². The first-order chi connectivity index (χ1) is 14.0. The summed E-state index contributed by atoms with van der Waals surface area (Å²) in [5.41, 5.74) is 2.09. The predicted octanol–water partition coefficient (Wildman–Crippen LogP) is 3.08. The normalized spacial score (nSPS) is 20.1. The molecule has 0 saturated carbocycles. The van der Waals surface area contributed by atoms with E-state index in [1.165, 1.54) is 0 Å². The van der Waals surface area contributed by atoms with Gasteiger partial charge in [0.1, 0.15) is 18.2 Å². The highest BCUT2D eigenvalue weighted by atomic mass is 16.6. The monoisotopic (exact) mass is 394 g/mol. The van der Waals surface area contributed by atoms with Crippen LogP contribution in [-0.4, -0.2) is 52.6 Å². The van der Waals surface area contributed by atoms with Gasteiger partial charge in [0, 0.05) is 37.7 Å². The summed E-state index contributed by atoms with van der Waals surface area (Å²) in [5, 5.41) is 0. The molecule has 0 aliphatic carbocycles. The summed E-state index contributed by atoms with van der Waals surface area (Å²) in [5.74, 6) is 1.62. The number of aromatic nitrogens is 2. The number of nitrogens with zero attached hydrogens (tertiary/aromatic N) is 4. The highest BCUT2D eigenvalue weighted by Crippen LogP contribution is 2.31. The van der Waals surface area contributed by atoms with Crippen LogP contribution in [0.2, 0.25) is 0 Å². The summed E-state index contributed by atoms with van der Waals surface area (Å²) in [7, 11) is 0. The van der Waals surface area contributed by atoms with Crippen LogP contribution >= 0.6 is 0 Å². The van der Waals surface area contributed by atoms with E-state index < -0.39 is 0 Å². The molecule has 2 aliphatic heterocycles. The maximum Gasteiger partial charge on any atom is 0.415 e. The van der Waals surface area contributed by atoms with Crippen molar-refractivity contribution in [2.75, 3.05) is 24.6 Å². The zero-order chi connectivity index (χ0) is 20.4. The van der Waals surface area contributed by atoms with Crippen molar-refractivity contribution in [2.24, 2.45) is 0 Å². The van der Waals surface area contributed by atoms with Crippen molar-refractivity contribution < 1.29 is 14.3 Å². The molecule has 2 aromatic rings. The Bertz CT molecular complexity index is 894. The van der Waals surface area contributed by atoms with Crippen molar-refractivity contribution in [1.29, 1.82) is 0 Å². The summed E-state index contributed by atoms with van der Waals surface area (Å²) in [6, 6.07) is 11.9. The first-order valence-electron chi connectivity index (χ1n) is 10.1. The van der Waals surface area contributed by atoms with E-state index in [0.717, 1.165) is 37.2 Å². The van der Waals surface area contributed by atoms with Gasteiger partial charge in [-0.3, -0.25) is 9.69 Å². The molecule has 2 fully saturated rings. The number of carbonyl (C=O) groups is 2. The molecule has 1 aromatic carbocycles. The molecule has 2 saturated heterocycles. The molecule has 152 valence electrons. The molecule has 1 aromatic heterocycles. The molecule has 3 heterocycles. The van der Waals surface area contributed by atoms with Gasteiger partial charge in [-0.15, -0.1) is 0 Å². The van der Waals surface area contributed by atoms with Gasteiger partial charge in [0.25, 0.3) is 0 Å². The molecule has 29 heavy (non-hydrogen) atoms. The Morgan fingerprint density at radius 1 is 1.17 bits per heavy atom. The second-order valence-corrected chi connectivity index (χ2v) is 7.77. The number of rotatable bonds is 4. The first kappa shape index (κ1) is 19.4. The lowest BCUT2D eigenvalue weighted by molar-refractivity contribution is -0.129. The van der Waals surface area contributed by atoms with Gasteiger partial charge in [-0.05, 0) is 31.7 Å². The van der Waals surface area contributed by atoms with Crippen LogP contribution in [0.15, 0.2) is 36.4 Å². The molecule has 0 bridgehead atoms. The lowest BCUT2D eigenvalue weighted by atomic mass is 9.93. The van der Waals surface area contributed by atoms with Crippen molar-refractivity contribution in [3.05, 3.63) is 53.5 Å². The number of hydrogen-bond donors (Lipinski definition) is 0. The first-order valence-corrected chi connectivity index (χ1v) is 10.1. The molecular formula is C22H26N4O3. The number of benzene rings is 1. The number of aryl methyl sites for hydroxylation is 1. The Morgan fingerprint density at radius 3 is 2.59 bits per heavy atom. The molecule has 0 radical (unpaired) electrons. The smallest absolute Gasteiger partial charge is 0.415 e. The Morgan fingerprint density at radius 2 is 1.90 bits per heavy atom. The third-order valence-electron chi connectivity index (χ3n) is 5.72. The Balaban J connectivity index is 1.56. The quantitative estimate of drug-likeness (QED) is 0.797. The standard InChI is InChI=1S/C22H26N4O3/c1-15-23-20(18-8-10-25(11-9-18)16(2)27)13-21(24-15)26-19(14-29-22(26)28)12-17-6-4-3-5-7-17/h3-7,13,18-19H,8-12,14H2,1-2H3. The van der Waals surface area contributed by atoms with Crippen LogP contribution in [0.1, 0.15) is 42.8 Å². The van der Waals surface area contributed by atoms with E-state index in [-0.39, 0.29) is 24.0 Å². The Hall–Kier alpha value is -2.96. The van der Waals surface area contributed by atoms with Gasteiger partial charge in [-0.1, -0.05) is 30.3 Å². The molecule has 2 amide bonds. The van der Waals surface area contributed by atoms with Gasteiger partial charge >= 0.3 is 6.09 Å². The summed E-state index contributed by atoms with van der Waals surface area (Å²) in [6.07, 6.45) is 2.09. The van der Waals surface area contributed by atoms with E-state index in [0.29, 0.717) is 24.7 Å². The average Bonchev–Trinajstić information content (AvgIpc) is 3.08. The summed E-state index contributed by atoms with van der Waals surface area (Å²) >= 11 is 0. The van der Waals surface area contributed by atoms with Gasteiger partial charge < -0.3 is 9.64 Å². The summed E-state index contributed by atoms with van der Waals surface area (Å²) < 4.78 is 5.35. The van der Waals surface area contributed by atoms with Crippen LogP contribution in [0.5, 0.6) is 0 Å². The van der Waals surface area contributed by atoms with Crippen LogP contribution in [0.4, 0.5) is 10.6 Å². The van der Waals surface area contributed by atoms with Crippen molar-refractivity contribution in [1.82, 2.24) is 14.9 Å². The number of carbonyl (C=O) groups excluding carboxylic acids is 2. The molecule has 7 heteroatoms. The third-order valence-corrected chi connectivity index (χ3v) is 5.72. The van der Waals surface area contributed by atoms with Crippen LogP contribution in [0, 0.1) is 6.92 Å². The largest absolute Gasteiger partial charge is 0.447 e. The van der Waals surface area contributed by atoms with E-state index in [4.69, 9.17) is 4.74 Å². The number of piperidine rings is 1. The minimum absolute atomic E-state index is 0.0911. The molecule has 4 rings (SSSR count). The van der Waals surface area contributed by atoms with Crippen LogP contribution in [-0.2, 0) is 16.0 Å². The van der Waals surface area contributed by atoms with E-state index in [1.807, 2.05) is 36.1 Å². The lowest BCUT2D eigenvalue weighted by Crippen LogP contribution is -2.37. The molecular weight excluding hydrogens is 368 g/mol. The van der Waals surface area contributed by atoms with Crippen molar-refractivity contribution in [3.63, 3.8) is 0 Å². The number of likely N-dealkylation sites (tertiary alicyclic amines) is 1. The molecule has 1 atom stereocenters. The zero-order valence-corrected chi connectivity index (χ0v) is 16.9. The van der Waals surface area contributed by atoms with Crippen LogP contribution in [0.25, 0.3) is 0 Å². The average molecular weight is 394 g/mol. The van der Waals surface area contributed by atoms with Crippen LogP contribution in [0.3, 0.4) is 0 Å². The number of amides is 2. The third kappa shape index (κ3) is 4.23. The van der Waals surface area contributed by atoms with Crippen molar-refractivity contribution >= 4 is 17.8 Å². The molecule has 7 nitrogen and oxygen atoms in total. The number of ether oxygens (including phenoxy) is 1. The fraction of sp³-hybridized carbons (Fsp3) is 0.455. The number of cyclic esters (lactones) is 1. The maximum absolute atomic E-state index is 12.5. The fourth-order valence-electron chi connectivity index (χ4n) is 4.17. The Kier molecular flexibility index (Phi) is 5.47. The SMILES string of the molecule is CC(=O)N1CCC(c2cc(N3C(=O)OCC3Cc3ccccc3)nc(C)n2)CC1. The van der Waals surface area contributed by atoms with Crippen LogP contribution < -0.4 is 4.90 Å². The van der Waals surface area contributed by atoms with Gasteiger partial charge in [0.15, 0.2) is 0 Å². The number of hydrogen-bond acceptors (Lipinski definition) is 5. The zero-order valence-electron chi connectivity index (χ0n) is 16.9. The number of anilines is 1. The predicted molar refractivity (Wildman–Crippen MR) is 109 cm³/mol. The second kappa shape index (κ2) is 8.19. The van der Waals surface area contributed by atoms with E-state index in [9.17, 15) is 9.59 Å². The van der Waals surface area contributed by atoms with Gasteiger partial charge in [-0.25, -0.2) is 14.8 Å².